The zero-order chi connectivity index (χ0) is 83.4. The molecule has 15 aromatic heterocycles. The molecule has 0 atom stereocenters. The van der Waals surface area contributed by atoms with Crippen LogP contribution in [0.1, 0.15) is 0 Å². The molecule has 0 N–H and O–H groups in total. The van der Waals surface area contributed by atoms with Crippen LogP contribution in [0, 0.1) is 0 Å². The number of aromatic nitrogens is 15. The van der Waals surface area contributed by atoms with Crippen molar-refractivity contribution in [1.82, 2.24) is 73.5 Å². The van der Waals surface area contributed by atoms with E-state index in [0.717, 1.165) is 205 Å². The monoisotopic (exact) mass is 1620 g/mol. The predicted molar refractivity (Wildman–Crippen MR) is 500 cm³/mol. The summed E-state index contributed by atoms with van der Waals surface area (Å²) >= 11 is 0. The van der Waals surface area contributed by atoms with Gasteiger partial charge in [0, 0.05) is 169 Å². The molecule has 10 aromatic carbocycles. The van der Waals surface area contributed by atoms with Crippen molar-refractivity contribution in [3.8, 4) is 130 Å². The highest BCUT2D eigenvalue weighted by atomic mass is 16.3. The first-order valence-electron chi connectivity index (χ1n) is 41.2. The lowest BCUT2D eigenvalue weighted by molar-refractivity contribution is 0.635. The maximum Gasteiger partial charge on any atom is 0.238 e. The van der Waals surface area contributed by atoms with E-state index in [0.29, 0.717) is 23.4 Å². The van der Waals surface area contributed by atoms with E-state index in [-0.39, 0.29) is 0 Å². The molecule has 0 aliphatic heterocycles. The minimum atomic E-state index is 0.522. The van der Waals surface area contributed by atoms with E-state index in [1.807, 2.05) is 158 Å². The molecule has 0 fully saturated rings. The van der Waals surface area contributed by atoms with Gasteiger partial charge in [-0.05, 0) is 181 Å². The molecule has 592 valence electrons. The van der Waals surface area contributed by atoms with Crippen LogP contribution >= 0.6 is 0 Å². The molecular formula is C108H67N15O3. The van der Waals surface area contributed by atoms with Crippen LogP contribution < -0.4 is 0 Å². The molecule has 0 unspecified atom stereocenters. The van der Waals surface area contributed by atoms with Crippen molar-refractivity contribution in [2.24, 2.45) is 0 Å². The number of benzene rings is 10. The fraction of sp³-hybridized carbons (Fsp3) is 0. The van der Waals surface area contributed by atoms with Crippen LogP contribution in [0.15, 0.2) is 421 Å². The Labute approximate surface area is 719 Å². The zero-order valence-corrected chi connectivity index (χ0v) is 67.1. The lowest BCUT2D eigenvalue weighted by atomic mass is 10.0. The molecule has 18 nitrogen and oxygen atoms in total. The van der Waals surface area contributed by atoms with Crippen LogP contribution in [-0.2, 0) is 0 Å². The summed E-state index contributed by atoms with van der Waals surface area (Å²) < 4.78 is 26.3. The lowest BCUT2D eigenvalue weighted by Crippen LogP contribution is -2.06. The second kappa shape index (κ2) is 31.5. The lowest BCUT2D eigenvalue weighted by Gasteiger charge is -2.12. The summed E-state index contributed by atoms with van der Waals surface area (Å²) in [6.45, 7) is 0. The zero-order valence-electron chi connectivity index (χ0n) is 67.1. The summed E-state index contributed by atoms with van der Waals surface area (Å²) in [7, 11) is 0. The average molecular weight is 1620 g/mol. The molecule has 0 aliphatic carbocycles. The van der Waals surface area contributed by atoms with Gasteiger partial charge in [0.1, 0.15) is 39.8 Å². The number of rotatable bonds is 13. The van der Waals surface area contributed by atoms with Crippen molar-refractivity contribution in [3.05, 3.63) is 408 Å². The van der Waals surface area contributed by atoms with Crippen molar-refractivity contribution in [2.45, 2.75) is 0 Å². The Morgan fingerprint density at radius 3 is 0.976 bits per heavy atom. The molecule has 0 amide bonds. The van der Waals surface area contributed by atoms with Gasteiger partial charge in [0.05, 0.1) is 66.3 Å². The average Bonchev–Trinajstić information content (AvgIpc) is 1.58. The van der Waals surface area contributed by atoms with Gasteiger partial charge in [-0.15, -0.1) is 0 Å². The normalized spacial score (nSPS) is 11.5. The predicted octanol–water partition coefficient (Wildman–Crippen LogP) is 26.0. The van der Waals surface area contributed by atoms with E-state index in [9.17, 15) is 0 Å². The van der Waals surface area contributed by atoms with Gasteiger partial charge in [-0.25, -0.2) is 19.9 Å². The number of furan rings is 3. The van der Waals surface area contributed by atoms with Crippen LogP contribution in [0.5, 0.6) is 0 Å². The summed E-state index contributed by atoms with van der Waals surface area (Å²) in [5.74, 6) is 5.60. The van der Waals surface area contributed by atoms with Crippen molar-refractivity contribution >= 4 is 98.3 Å². The van der Waals surface area contributed by atoms with E-state index < -0.39 is 0 Å². The number of fused-ring (bicyclic) bond motifs is 15. The minimum Gasteiger partial charge on any atom is -0.455 e. The standard InChI is InChI=1S/C41H26N4O.C34H21N5O.C33H20N6O/c1-2-7-29(8-3-1)39-26-31-13-14-38-40(41(31)46-39)34-11-4-5-12-37(34)45(38)33-10-6-9-30(23-33)36-25-32(27-15-19-42-20-16-27)24-35(44-36)28-17-21-43-22-18-28;1-2-6-23(7-3-1)30-20-25-10-11-29-32(33(25)40-30)26-8-4-5-9-28(26)39(29)31-21-27(22-12-16-35-17-13-22)37-34(38-31)24-14-18-36-19-15-24;1-2-6-21(7-3-1)28-20-24-10-11-27-29(30(24)40-28)25-8-4-5-9-26(25)39(27)33-37-31(22-12-16-34-17-13-22)36-32(38-33)23-14-18-35-19-15-23/h1-26H;1-21H;1-20H. The summed E-state index contributed by atoms with van der Waals surface area (Å²) in [6.07, 6.45) is 21.3. The van der Waals surface area contributed by atoms with Crippen LogP contribution in [0.2, 0.25) is 0 Å². The highest BCUT2D eigenvalue weighted by molar-refractivity contribution is 6.22. The SMILES string of the molecule is c1ccc(-c2cc3ccc4c(c5ccccc5n4-c4cc(-c5ccncc5)nc(-c5ccncc5)n4)c3o2)cc1.c1ccc(-c2cc3ccc4c(c5ccccc5n4-c4cccc(-c5cc(-c6ccncc6)cc(-c6ccncc6)n5)c4)c3o2)cc1.c1ccc(-c2cc3ccc4c(c5ccccc5n4-c4nc(-c5ccncc5)nc(-c5ccncc5)n4)c3o2)cc1. The van der Waals surface area contributed by atoms with Gasteiger partial charge < -0.3 is 17.8 Å². The highest BCUT2D eigenvalue weighted by Gasteiger charge is 2.26. The second-order valence-electron chi connectivity index (χ2n) is 30.4. The second-order valence-corrected chi connectivity index (χ2v) is 30.4. The molecule has 15 heterocycles. The van der Waals surface area contributed by atoms with Crippen molar-refractivity contribution in [2.75, 3.05) is 0 Å². The summed E-state index contributed by atoms with van der Waals surface area (Å²) in [5.41, 5.74) is 23.4. The molecule has 0 aliphatic rings. The maximum absolute atomic E-state index is 6.60. The number of hydrogen-bond acceptors (Lipinski definition) is 15. The van der Waals surface area contributed by atoms with E-state index in [1.54, 1.807) is 62.0 Å². The summed E-state index contributed by atoms with van der Waals surface area (Å²) in [4.78, 5) is 55.1. The van der Waals surface area contributed by atoms with Gasteiger partial charge in [-0.1, -0.05) is 158 Å². The first kappa shape index (κ1) is 73.5. The molecule has 0 spiro atoms. The van der Waals surface area contributed by atoms with Crippen LogP contribution in [-0.4, -0.2) is 73.5 Å². The fourth-order valence-corrected chi connectivity index (χ4v) is 17.1. The Kier molecular flexibility index (Phi) is 18.4. The van der Waals surface area contributed by atoms with Gasteiger partial charge >= 0.3 is 0 Å². The van der Waals surface area contributed by atoms with Gasteiger partial charge in [-0.3, -0.25) is 39.0 Å². The fourth-order valence-electron chi connectivity index (χ4n) is 17.1. The third kappa shape index (κ3) is 13.4. The Hall–Kier alpha value is -17.6. The van der Waals surface area contributed by atoms with Gasteiger partial charge in [0.2, 0.25) is 5.95 Å². The third-order valence-electron chi connectivity index (χ3n) is 22.9. The largest absolute Gasteiger partial charge is 0.455 e. The van der Waals surface area contributed by atoms with Crippen LogP contribution in [0.4, 0.5) is 0 Å². The molecule has 18 heteroatoms. The molecule has 0 saturated carbocycles. The van der Waals surface area contributed by atoms with Crippen LogP contribution in [0.25, 0.3) is 229 Å². The topological polar surface area (TPSA) is 209 Å². The first-order valence-corrected chi connectivity index (χ1v) is 41.2. The molecule has 25 aromatic rings. The Balaban J connectivity index is 0.000000109. The number of hydrogen-bond donors (Lipinski definition) is 0. The van der Waals surface area contributed by atoms with Gasteiger partial charge in [-0.2, -0.15) is 9.97 Å². The summed E-state index contributed by atoms with van der Waals surface area (Å²) in [6, 6.07) is 113. The van der Waals surface area contributed by atoms with Crippen molar-refractivity contribution in [3.63, 3.8) is 0 Å². The van der Waals surface area contributed by atoms with Crippen LogP contribution in [0.3, 0.4) is 0 Å². The van der Waals surface area contributed by atoms with E-state index in [4.69, 9.17) is 43.2 Å². The van der Waals surface area contributed by atoms with E-state index in [1.165, 1.54) is 0 Å². The summed E-state index contributed by atoms with van der Waals surface area (Å²) in [5, 5.41) is 9.70. The molecule has 0 radical (unpaired) electrons. The first-order chi connectivity index (χ1) is 62.5. The minimum absolute atomic E-state index is 0.522. The van der Waals surface area contributed by atoms with E-state index >= 15 is 0 Å². The molecular weight excluding hydrogens is 1560 g/mol. The number of para-hydroxylation sites is 3. The Morgan fingerprint density at radius 1 is 0.198 bits per heavy atom. The molecule has 0 saturated heterocycles. The molecule has 126 heavy (non-hydrogen) atoms. The van der Waals surface area contributed by atoms with Crippen molar-refractivity contribution in [1.29, 1.82) is 0 Å². The maximum atomic E-state index is 6.60. The quantitative estimate of drug-likeness (QED) is 0.105. The highest BCUT2D eigenvalue weighted by Crippen LogP contribution is 2.45. The van der Waals surface area contributed by atoms with Crippen molar-refractivity contribution < 1.29 is 13.3 Å². The Morgan fingerprint density at radius 2 is 0.540 bits per heavy atom. The Bertz CT molecular complexity index is 7890. The smallest absolute Gasteiger partial charge is 0.238 e. The number of nitrogens with zero attached hydrogens (tertiary/aromatic N) is 15. The molecule has 25 rings (SSSR count). The van der Waals surface area contributed by atoms with Gasteiger partial charge in [0.15, 0.2) is 17.5 Å². The van der Waals surface area contributed by atoms with E-state index in [2.05, 4.69) is 232 Å². The number of pyridine rings is 7. The molecule has 0 bridgehead atoms. The van der Waals surface area contributed by atoms with Gasteiger partial charge in [0.25, 0.3) is 0 Å². The third-order valence-corrected chi connectivity index (χ3v) is 22.9.